The monoisotopic (exact) mass is 436 g/mol. The summed E-state index contributed by atoms with van der Waals surface area (Å²) in [7, 11) is 0. The van der Waals surface area contributed by atoms with Gasteiger partial charge in [-0.25, -0.2) is 4.68 Å². The van der Waals surface area contributed by atoms with Gasteiger partial charge < -0.3 is 9.26 Å². The largest absolute Gasteiger partial charge is 0.494 e. The minimum atomic E-state index is -0.259. The van der Waals surface area contributed by atoms with Crippen molar-refractivity contribution in [1.29, 1.82) is 0 Å². The van der Waals surface area contributed by atoms with Crippen LogP contribution in [0.1, 0.15) is 25.7 Å². The Morgan fingerprint density at radius 1 is 1.06 bits per heavy atom. The molecule has 0 fully saturated rings. The third-order valence-electron chi connectivity index (χ3n) is 4.62. The molecule has 0 atom stereocenters. The number of halogens is 1. The second kappa shape index (κ2) is 9.57. The van der Waals surface area contributed by atoms with Crippen LogP contribution in [0.2, 0.25) is 5.02 Å². The summed E-state index contributed by atoms with van der Waals surface area (Å²) in [5.41, 5.74) is 2.01. The van der Waals surface area contributed by atoms with Crippen molar-refractivity contribution in [3.8, 4) is 28.4 Å². The second-order valence-electron chi connectivity index (χ2n) is 6.96. The van der Waals surface area contributed by atoms with Crippen molar-refractivity contribution in [2.45, 2.75) is 26.3 Å². The maximum atomic E-state index is 12.3. The summed E-state index contributed by atoms with van der Waals surface area (Å²) >= 11 is 6.02. The summed E-state index contributed by atoms with van der Waals surface area (Å²) < 4.78 is 12.3. The van der Waals surface area contributed by atoms with Crippen molar-refractivity contribution in [2.24, 2.45) is 0 Å². The van der Waals surface area contributed by atoms with E-state index in [1.165, 1.54) is 10.7 Å². The second-order valence-corrected chi connectivity index (χ2v) is 7.40. The van der Waals surface area contributed by atoms with E-state index in [-0.39, 0.29) is 18.0 Å². The van der Waals surface area contributed by atoms with Gasteiger partial charge in [0.2, 0.25) is 11.7 Å². The average molecular weight is 437 g/mol. The van der Waals surface area contributed by atoms with Crippen LogP contribution >= 0.6 is 11.6 Å². The summed E-state index contributed by atoms with van der Waals surface area (Å²) in [6.45, 7) is 2.89. The first-order chi connectivity index (χ1) is 15.1. The van der Waals surface area contributed by atoms with E-state index in [0.717, 1.165) is 29.7 Å². The number of nitrogens with zero attached hydrogens (tertiary/aromatic N) is 4. The molecular weight excluding hydrogens is 416 g/mol. The van der Waals surface area contributed by atoms with Gasteiger partial charge in [-0.2, -0.15) is 10.1 Å². The molecule has 4 aromatic rings. The van der Waals surface area contributed by atoms with E-state index < -0.39 is 0 Å². The Morgan fingerprint density at radius 3 is 2.68 bits per heavy atom. The minimum Gasteiger partial charge on any atom is -0.494 e. The molecule has 0 amide bonds. The standard InChI is InChI=1S/C23H21ClN4O3/c1-2-3-13-30-19-9-7-16(8-10-19)20-11-12-22(29)28(26-20)15-21-25-23(27-31-21)17-5-4-6-18(24)14-17/h4-12,14H,2-3,13,15H2,1H3. The molecule has 0 saturated carbocycles. The zero-order chi connectivity index (χ0) is 21.6. The summed E-state index contributed by atoms with van der Waals surface area (Å²) in [4.78, 5) is 16.7. The van der Waals surface area contributed by atoms with Crippen molar-refractivity contribution in [3.05, 3.63) is 81.9 Å². The maximum absolute atomic E-state index is 12.3. The normalized spacial score (nSPS) is 10.9. The smallest absolute Gasteiger partial charge is 0.267 e. The van der Waals surface area contributed by atoms with Crippen LogP contribution < -0.4 is 10.3 Å². The van der Waals surface area contributed by atoms with E-state index in [4.69, 9.17) is 20.9 Å². The molecule has 0 N–H and O–H groups in total. The fourth-order valence-corrected chi connectivity index (χ4v) is 3.15. The zero-order valence-corrected chi connectivity index (χ0v) is 17.7. The highest BCUT2D eigenvalue weighted by Gasteiger charge is 2.12. The van der Waals surface area contributed by atoms with Crippen molar-refractivity contribution < 1.29 is 9.26 Å². The molecule has 7 nitrogen and oxygen atoms in total. The number of unbranched alkanes of at least 4 members (excludes halogenated alkanes) is 1. The van der Waals surface area contributed by atoms with Gasteiger partial charge in [-0.1, -0.05) is 42.2 Å². The van der Waals surface area contributed by atoms with Crippen LogP contribution in [-0.2, 0) is 6.54 Å². The Kier molecular flexibility index (Phi) is 6.43. The predicted molar refractivity (Wildman–Crippen MR) is 118 cm³/mol. The molecule has 8 heteroatoms. The van der Waals surface area contributed by atoms with E-state index in [9.17, 15) is 4.79 Å². The molecule has 4 rings (SSSR count). The number of hydrogen-bond donors (Lipinski definition) is 0. The van der Waals surface area contributed by atoms with Crippen molar-refractivity contribution >= 4 is 11.6 Å². The molecule has 0 aliphatic carbocycles. The fraction of sp³-hybridized carbons (Fsp3) is 0.217. The van der Waals surface area contributed by atoms with Crippen LogP contribution in [0.15, 0.2) is 70.0 Å². The lowest BCUT2D eigenvalue weighted by Crippen LogP contribution is -2.23. The first-order valence-corrected chi connectivity index (χ1v) is 10.4. The van der Waals surface area contributed by atoms with Crippen LogP contribution in [0.5, 0.6) is 5.75 Å². The molecule has 158 valence electrons. The Hall–Kier alpha value is -3.45. The van der Waals surface area contributed by atoms with Crippen LogP contribution in [-0.4, -0.2) is 26.5 Å². The number of rotatable bonds is 8. The molecule has 2 aromatic carbocycles. The summed E-state index contributed by atoms with van der Waals surface area (Å²) in [6.07, 6.45) is 2.10. The molecule has 0 saturated heterocycles. The van der Waals surface area contributed by atoms with Crippen LogP contribution in [0.3, 0.4) is 0 Å². The summed E-state index contributed by atoms with van der Waals surface area (Å²) in [6, 6.07) is 18.0. The van der Waals surface area contributed by atoms with E-state index in [2.05, 4.69) is 22.2 Å². The highest BCUT2D eigenvalue weighted by atomic mass is 35.5. The zero-order valence-electron chi connectivity index (χ0n) is 17.0. The Balaban J connectivity index is 1.52. The van der Waals surface area contributed by atoms with E-state index in [1.807, 2.05) is 36.4 Å². The van der Waals surface area contributed by atoms with E-state index in [0.29, 0.717) is 23.1 Å². The SMILES string of the molecule is CCCCOc1ccc(-c2ccc(=O)n(Cc3nc(-c4cccc(Cl)c4)no3)n2)cc1. The van der Waals surface area contributed by atoms with Gasteiger partial charge in [-0.15, -0.1) is 0 Å². The Morgan fingerprint density at radius 2 is 1.90 bits per heavy atom. The van der Waals surface area contributed by atoms with Crippen molar-refractivity contribution in [1.82, 2.24) is 19.9 Å². The van der Waals surface area contributed by atoms with Crippen LogP contribution in [0.4, 0.5) is 0 Å². The Labute approximate surface area is 184 Å². The third kappa shape index (κ3) is 5.19. The molecule has 0 aliphatic rings. The summed E-state index contributed by atoms with van der Waals surface area (Å²) in [5.74, 6) is 1.49. The molecular formula is C23H21ClN4O3. The number of benzene rings is 2. The lowest BCUT2D eigenvalue weighted by Gasteiger charge is -2.07. The molecule has 2 aromatic heterocycles. The lowest BCUT2D eigenvalue weighted by atomic mass is 10.1. The maximum Gasteiger partial charge on any atom is 0.267 e. The highest BCUT2D eigenvalue weighted by molar-refractivity contribution is 6.30. The number of ether oxygens (including phenoxy) is 1. The highest BCUT2D eigenvalue weighted by Crippen LogP contribution is 2.21. The van der Waals surface area contributed by atoms with Gasteiger partial charge in [-0.05, 0) is 48.9 Å². The third-order valence-corrected chi connectivity index (χ3v) is 4.85. The van der Waals surface area contributed by atoms with Crippen LogP contribution in [0.25, 0.3) is 22.6 Å². The van der Waals surface area contributed by atoms with Gasteiger partial charge in [0.25, 0.3) is 5.56 Å². The van der Waals surface area contributed by atoms with Gasteiger partial charge in [-0.3, -0.25) is 4.79 Å². The minimum absolute atomic E-state index is 0.0679. The topological polar surface area (TPSA) is 83.0 Å². The van der Waals surface area contributed by atoms with Crippen molar-refractivity contribution in [2.75, 3.05) is 6.61 Å². The van der Waals surface area contributed by atoms with Gasteiger partial charge >= 0.3 is 0 Å². The summed E-state index contributed by atoms with van der Waals surface area (Å²) in [5, 5.41) is 9.01. The molecule has 0 bridgehead atoms. The molecule has 0 spiro atoms. The first kappa shape index (κ1) is 20.8. The molecule has 0 aliphatic heterocycles. The first-order valence-electron chi connectivity index (χ1n) is 10.0. The van der Waals surface area contributed by atoms with E-state index >= 15 is 0 Å². The Bertz CT molecular complexity index is 1220. The molecule has 2 heterocycles. The van der Waals surface area contributed by atoms with Gasteiger partial charge in [0.05, 0.1) is 12.3 Å². The fourth-order valence-electron chi connectivity index (χ4n) is 2.96. The van der Waals surface area contributed by atoms with Gasteiger partial charge in [0.1, 0.15) is 12.3 Å². The number of aromatic nitrogens is 4. The van der Waals surface area contributed by atoms with Gasteiger partial charge in [0.15, 0.2) is 0 Å². The molecule has 31 heavy (non-hydrogen) atoms. The van der Waals surface area contributed by atoms with Crippen molar-refractivity contribution in [3.63, 3.8) is 0 Å². The molecule has 0 radical (unpaired) electrons. The predicted octanol–water partition coefficient (Wildman–Crippen LogP) is 4.84. The van der Waals surface area contributed by atoms with Crippen LogP contribution in [0, 0.1) is 0 Å². The molecule has 0 unspecified atom stereocenters. The lowest BCUT2D eigenvalue weighted by molar-refractivity contribution is 0.309. The van der Waals surface area contributed by atoms with E-state index in [1.54, 1.807) is 18.2 Å². The quantitative estimate of drug-likeness (QED) is 0.367. The average Bonchev–Trinajstić information content (AvgIpc) is 3.25. The van der Waals surface area contributed by atoms with Gasteiger partial charge in [0, 0.05) is 22.2 Å². The number of hydrogen-bond acceptors (Lipinski definition) is 6.